The molecule has 0 spiro atoms. The summed E-state index contributed by atoms with van der Waals surface area (Å²) < 4.78 is 1.87. The lowest BCUT2D eigenvalue weighted by atomic mass is 9.91. The number of rotatable bonds is 6. The van der Waals surface area contributed by atoms with Crippen LogP contribution in [0, 0.1) is 0 Å². The fraction of sp³-hybridized carbons (Fsp3) is 0.333. The van der Waals surface area contributed by atoms with E-state index in [2.05, 4.69) is 83.3 Å². The predicted octanol–water partition coefficient (Wildman–Crippen LogP) is 4.14. The average molecular weight is 382 g/mol. The van der Waals surface area contributed by atoms with Gasteiger partial charge < -0.3 is 10.6 Å². The van der Waals surface area contributed by atoms with Crippen LogP contribution in [0.15, 0.2) is 65.2 Å². The zero-order valence-corrected chi connectivity index (χ0v) is 17.1. The lowest BCUT2D eigenvalue weighted by Gasteiger charge is -2.26. The Morgan fingerprint density at radius 1 is 1.26 bits per heavy atom. The van der Waals surface area contributed by atoms with E-state index in [1.807, 2.05) is 16.9 Å². The van der Waals surface area contributed by atoms with Gasteiger partial charge in [0, 0.05) is 36.3 Å². The van der Waals surface area contributed by atoms with Crippen molar-refractivity contribution >= 4 is 17.3 Å². The number of benzene rings is 1. The van der Waals surface area contributed by atoms with Crippen LogP contribution in [0.5, 0.6) is 0 Å². The van der Waals surface area contributed by atoms with Gasteiger partial charge in [-0.1, -0.05) is 32.0 Å². The highest BCUT2D eigenvalue weighted by Gasteiger charge is 2.22. The van der Waals surface area contributed by atoms with Crippen molar-refractivity contribution in [1.29, 1.82) is 0 Å². The molecule has 5 nitrogen and oxygen atoms in total. The monoisotopic (exact) mass is 381 g/mol. The molecule has 3 aromatic rings. The average Bonchev–Trinajstić information content (AvgIpc) is 3.39. The van der Waals surface area contributed by atoms with Crippen molar-refractivity contribution < 1.29 is 0 Å². The normalized spacial score (nSPS) is 13.4. The second-order valence-corrected chi connectivity index (χ2v) is 8.15. The molecule has 0 amide bonds. The van der Waals surface area contributed by atoms with Gasteiger partial charge in [0.1, 0.15) is 0 Å². The molecular formula is C21H27N5S. The van der Waals surface area contributed by atoms with E-state index in [0.717, 1.165) is 18.2 Å². The molecule has 0 bridgehead atoms. The molecule has 0 radical (unpaired) electrons. The molecule has 27 heavy (non-hydrogen) atoms. The topological polar surface area (TPSA) is 54.2 Å². The van der Waals surface area contributed by atoms with Gasteiger partial charge in [-0.25, -0.2) is 4.68 Å². The molecule has 0 aliphatic rings. The van der Waals surface area contributed by atoms with Crippen molar-refractivity contribution in [3.05, 3.63) is 70.7 Å². The number of aliphatic imine (C=N–C) groups is 1. The van der Waals surface area contributed by atoms with Crippen LogP contribution in [-0.4, -0.2) is 29.3 Å². The first-order valence-corrected chi connectivity index (χ1v) is 9.99. The smallest absolute Gasteiger partial charge is 0.191 e. The first-order valence-electron chi connectivity index (χ1n) is 9.11. The molecule has 2 aromatic heterocycles. The highest BCUT2D eigenvalue weighted by molar-refractivity contribution is 7.10. The van der Waals surface area contributed by atoms with Gasteiger partial charge in [0.2, 0.25) is 0 Å². The van der Waals surface area contributed by atoms with Crippen molar-refractivity contribution in [1.82, 2.24) is 20.4 Å². The summed E-state index contributed by atoms with van der Waals surface area (Å²) in [6.45, 7) is 7.44. The Hall–Kier alpha value is -2.60. The molecule has 0 aliphatic carbocycles. The van der Waals surface area contributed by atoms with Crippen molar-refractivity contribution in [2.24, 2.45) is 4.99 Å². The maximum absolute atomic E-state index is 4.39. The third-order valence-electron chi connectivity index (χ3n) is 4.60. The molecule has 0 fully saturated rings. The minimum atomic E-state index is 0.0506. The van der Waals surface area contributed by atoms with Crippen LogP contribution in [0.25, 0.3) is 5.69 Å². The quantitative estimate of drug-likeness (QED) is 0.498. The number of nitrogens with zero attached hydrogens (tertiary/aromatic N) is 3. The van der Waals surface area contributed by atoms with E-state index < -0.39 is 0 Å². The molecule has 2 heterocycles. The van der Waals surface area contributed by atoms with Crippen molar-refractivity contribution in [3.8, 4) is 5.69 Å². The lowest BCUT2D eigenvalue weighted by Crippen LogP contribution is -2.44. The van der Waals surface area contributed by atoms with Crippen LogP contribution in [-0.2, 0) is 5.41 Å². The summed E-state index contributed by atoms with van der Waals surface area (Å²) in [7, 11) is 1.81. The van der Waals surface area contributed by atoms with Gasteiger partial charge in [0.15, 0.2) is 5.96 Å². The van der Waals surface area contributed by atoms with E-state index in [9.17, 15) is 0 Å². The predicted molar refractivity (Wildman–Crippen MR) is 114 cm³/mol. The second kappa shape index (κ2) is 8.39. The van der Waals surface area contributed by atoms with Crippen LogP contribution in [0.1, 0.15) is 37.3 Å². The molecule has 0 aliphatic heterocycles. The summed E-state index contributed by atoms with van der Waals surface area (Å²) in [4.78, 5) is 5.76. The van der Waals surface area contributed by atoms with Crippen molar-refractivity contribution in [2.45, 2.75) is 32.2 Å². The number of hydrogen-bond donors (Lipinski definition) is 2. The molecule has 0 saturated heterocycles. The van der Waals surface area contributed by atoms with Crippen molar-refractivity contribution in [2.75, 3.05) is 13.6 Å². The zero-order chi connectivity index (χ0) is 19.3. The van der Waals surface area contributed by atoms with Crippen molar-refractivity contribution in [3.63, 3.8) is 0 Å². The Balaban J connectivity index is 1.64. The molecule has 1 unspecified atom stereocenters. The summed E-state index contributed by atoms with van der Waals surface area (Å²) in [5.74, 6) is 0.802. The fourth-order valence-corrected chi connectivity index (χ4v) is 3.75. The third kappa shape index (κ3) is 4.77. The number of nitrogens with one attached hydrogen (secondary N) is 2. The molecule has 6 heteroatoms. The van der Waals surface area contributed by atoms with E-state index in [4.69, 9.17) is 0 Å². The molecule has 0 saturated carbocycles. The van der Waals surface area contributed by atoms with E-state index in [0.29, 0.717) is 0 Å². The maximum Gasteiger partial charge on any atom is 0.191 e. The number of hydrogen-bond acceptors (Lipinski definition) is 3. The highest BCUT2D eigenvalue weighted by Crippen LogP contribution is 2.26. The lowest BCUT2D eigenvalue weighted by molar-refractivity contribution is 0.515. The minimum absolute atomic E-state index is 0.0506. The summed E-state index contributed by atoms with van der Waals surface area (Å²) in [6.07, 6.45) is 3.74. The van der Waals surface area contributed by atoms with Gasteiger partial charge in [-0.15, -0.1) is 11.3 Å². The van der Waals surface area contributed by atoms with Gasteiger partial charge in [0.05, 0.1) is 11.7 Å². The molecular weight excluding hydrogens is 354 g/mol. The van der Waals surface area contributed by atoms with Crippen LogP contribution in [0.3, 0.4) is 0 Å². The number of guanidine groups is 1. The minimum Gasteiger partial charge on any atom is -0.355 e. The zero-order valence-electron chi connectivity index (χ0n) is 16.3. The standard InChI is InChI=1S/C21H27N5S/c1-16(17-8-5-9-18(14-17)26-12-7-11-24-26)25-20(22-4)23-15-21(2,3)19-10-6-13-27-19/h5-14,16H,15H2,1-4H3,(H2,22,23,25). The Labute approximate surface area is 165 Å². The third-order valence-corrected chi connectivity index (χ3v) is 5.84. The van der Waals surface area contributed by atoms with E-state index in [1.165, 1.54) is 10.4 Å². The van der Waals surface area contributed by atoms with Gasteiger partial charge in [-0.2, -0.15) is 5.10 Å². The SMILES string of the molecule is CN=C(NCC(C)(C)c1cccs1)NC(C)c1cccc(-n2cccn2)c1. The number of aromatic nitrogens is 2. The Morgan fingerprint density at radius 3 is 2.78 bits per heavy atom. The van der Waals surface area contributed by atoms with E-state index in [1.54, 1.807) is 24.6 Å². The van der Waals surface area contributed by atoms with E-state index >= 15 is 0 Å². The van der Waals surface area contributed by atoms with Crippen LogP contribution >= 0.6 is 11.3 Å². The highest BCUT2D eigenvalue weighted by atomic mass is 32.1. The Morgan fingerprint density at radius 2 is 2.11 bits per heavy atom. The van der Waals surface area contributed by atoms with Gasteiger partial charge in [-0.3, -0.25) is 4.99 Å². The summed E-state index contributed by atoms with van der Waals surface area (Å²) in [6, 6.07) is 14.7. The molecule has 2 N–H and O–H groups in total. The van der Waals surface area contributed by atoms with E-state index in [-0.39, 0.29) is 11.5 Å². The number of thiophene rings is 1. The molecule has 142 valence electrons. The summed E-state index contributed by atoms with van der Waals surface area (Å²) >= 11 is 1.79. The van der Waals surface area contributed by atoms with Crippen LogP contribution in [0.4, 0.5) is 0 Å². The molecule has 3 rings (SSSR count). The second-order valence-electron chi connectivity index (χ2n) is 7.20. The Bertz CT molecular complexity index is 866. The summed E-state index contributed by atoms with van der Waals surface area (Å²) in [5, 5.41) is 13.4. The largest absolute Gasteiger partial charge is 0.355 e. The summed E-state index contributed by atoms with van der Waals surface area (Å²) in [5.41, 5.74) is 2.28. The fourth-order valence-electron chi connectivity index (χ4n) is 2.90. The van der Waals surface area contributed by atoms with Gasteiger partial charge in [0.25, 0.3) is 0 Å². The van der Waals surface area contributed by atoms with Gasteiger partial charge in [-0.05, 0) is 42.1 Å². The first-order chi connectivity index (χ1) is 13.0. The van der Waals surface area contributed by atoms with Crippen LogP contribution < -0.4 is 10.6 Å². The first kappa shape index (κ1) is 19.2. The molecule has 1 aromatic carbocycles. The maximum atomic E-state index is 4.39. The Kier molecular flexibility index (Phi) is 5.96. The molecule has 1 atom stereocenters. The van der Waals surface area contributed by atoms with Gasteiger partial charge >= 0.3 is 0 Å². The van der Waals surface area contributed by atoms with Crippen LogP contribution in [0.2, 0.25) is 0 Å².